The fraction of sp³-hybridized carbons (Fsp3) is 0.516. The first-order valence-corrected chi connectivity index (χ1v) is 14.3. The number of fused-ring (bicyclic) bond motifs is 4. The largest absolute Gasteiger partial charge is 0.343 e. The lowest BCUT2D eigenvalue weighted by atomic mass is 9.89. The summed E-state index contributed by atoms with van der Waals surface area (Å²) in [5, 5.41) is 8.04. The Kier molecular flexibility index (Phi) is 8.82. The lowest BCUT2D eigenvalue weighted by Gasteiger charge is -2.37. The third kappa shape index (κ3) is 6.59. The van der Waals surface area contributed by atoms with Gasteiger partial charge >= 0.3 is 0 Å². The molecule has 4 atom stereocenters. The van der Waals surface area contributed by atoms with Crippen molar-refractivity contribution in [3.05, 3.63) is 47.7 Å². The van der Waals surface area contributed by atoms with Crippen LogP contribution in [0.2, 0.25) is 0 Å². The molecule has 2 aromatic rings. The molecule has 5 bridgehead atoms. The smallest absolute Gasteiger partial charge is 0.258 e. The average molecular weight is 563 g/mol. The van der Waals surface area contributed by atoms with Crippen LogP contribution in [0.5, 0.6) is 0 Å². The standard InChI is InChI=1S/C31H42N6O4/c1-18(2)26-27(38)32-19(3)28(39)37-16-8-9-24(35-37)29(40)36(7)20(4)23-13-12-22-11-10-21(17-25(22)33-23)14-15-31(5,6)30(41)34-26/h10-15,17-20,24,26,35H,8-9,16H2,1-7H3,(H,32,38)(H,34,41)/b15-14+/t19-,20?,24-,26-/m0/s1. The van der Waals surface area contributed by atoms with Crippen molar-refractivity contribution in [1.29, 1.82) is 0 Å². The summed E-state index contributed by atoms with van der Waals surface area (Å²) in [5.74, 6) is -1.43. The van der Waals surface area contributed by atoms with Gasteiger partial charge in [0.05, 0.1) is 22.7 Å². The molecule has 1 unspecified atom stereocenters. The molecule has 41 heavy (non-hydrogen) atoms. The van der Waals surface area contributed by atoms with Crippen molar-refractivity contribution in [1.82, 2.24) is 31.0 Å². The molecule has 3 heterocycles. The molecule has 10 heteroatoms. The Hall–Kier alpha value is -3.79. The first-order valence-electron chi connectivity index (χ1n) is 14.3. The maximum Gasteiger partial charge on any atom is 0.258 e. The molecule has 4 rings (SSSR count). The van der Waals surface area contributed by atoms with Crippen molar-refractivity contribution >= 4 is 40.6 Å². The summed E-state index contributed by atoms with van der Waals surface area (Å²) in [6, 6.07) is 7.24. The van der Waals surface area contributed by atoms with E-state index in [1.165, 1.54) is 5.01 Å². The number of carbonyl (C=O) groups excluding carboxylic acids is 4. The summed E-state index contributed by atoms with van der Waals surface area (Å²) in [7, 11) is 1.75. The number of benzene rings is 1. The van der Waals surface area contributed by atoms with Gasteiger partial charge in [-0.05, 0) is 64.2 Å². The van der Waals surface area contributed by atoms with Crippen molar-refractivity contribution in [2.75, 3.05) is 13.6 Å². The first-order chi connectivity index (χ1) is 19.3. The highest BCUT2D eigenvalue weighted by atomic mass is 16.2. The van der Waals surface area contributed by atoms with Gasteiger partial charge in [-0.3, -0.25) is 29.2 Å². The van der Waals surface area contributed by atoms with Gasteiger partial charge in [0.2, 0.25) is 17.7 Å². The third-order valence-electron chi connectivity index (χ3n) is 8.09. The van der Waals surface area contributed by atoms with Gasteiger partial charge in [-0.1, -0.05) is 44.2 Å². The van der Waals surface area contributed by atoms with Crippen molar-refractivity contribution in [2.24, 2.45) is 11.3 Å². The molecule has 220 valence electrons. The van der Waals surface area contributed by atoms with Gasteiger partial charge in [-0.2, -0.15) is 0 Å². The van der Waals surface area contributed by atoms with Gasteiger partial charge in [0.25, 0.3) is 5.91 Å². The second kappa shape index (κ2) is 12.0. The van der Waals surface area contributed by atoms with Gasteiger partial charge < -0.3 is 15.5 Å². The van der Waals surface area contributed by atoms with Crippen LogP contribution in [0.3, 0.4) is 0 Å². The number of nitrogens with one attached hydrogen (secondary N) is 3. The molecule has 1 fully saturated rings. The minimum atomic E-state index is -0.915. The third-order valence-corrected chi connectivity index (χ3v) is 8.09. The maximum absolute atomic E-state index is 13.5. The Morgan fingerprint density at radius 3 is 2.41 bits per heavy atom. The minimum absolute atomic E-state index is 0.138. The van der Waals surface area contributed by atoms with Gasteiger partial charge in [-0.15, -0.1) is 0 Å². The number of amides is 4. The number of carbonyl (C=O) groups is 4. The number of likely N-dealkylation sites (N-methyl/N-ethyl adjacent to an activating group) is 1. The van der Waals surface area contributed by atoms with E-state index < -0.39 is 29.4 Å². The van der Waals surface area contributed by atoms with E-state index in [2.05, 4.69) is 16.1 Å². The number of hydrogen-bond acceptors (Lipinski definition) is 6. The van der Waals surface area contributed by atoms with Crippen molar-refractivity contribution < 1.29 is 19.2 Å². The monoisotopic (exact) mass is 562 g/mol. The lowest BCUT2D eigenvalue weighted by molar-refractivity contribution is -0.146. The number of rotatable bonds is 1. The molecule has 0 aliphatic carbocycles. The molecule has 4 amide bonds. The van der Waals surface area contributed by atoms with E-state index in [4.69, 9.17) is 4.98 Å². The normalized spacial score (nSPS) is 27.1. The van der Waals surface area contributed by atoms with Crippen molar-refractivity contribution in [3.63, 3.8) is 0 Å². The van der Waals surface area contributed by atoms with Crippen LogP contribution in [0.4, 0.5) is 0 Å². The molecule has 1 aromatic carbocycles. The van der Waals surface area contributed by atoms with E-state index in [1.54, 1.807) is 32.7 Å². The fourth-order valence-electron chi connectivity index (χ4n) is 5.09. The summed E-state index contributed by atoms with van der Waals surface area (Å²) in [4.78, 5) is 59.9. The van der Waals surface area contributed by atoms with E-state index in [0.29, 0.717) is 19.4 Å². The zero-order valence-electron chi connectivity index (χ0n) is 25.0. The van der Waals surface area contributed by atoms with Crippen LogP contribution < -0.4 is 16.1 Å². The second-order valence-electron chi connectivity index (χ2n) is 12.1. The van der Waals surface area contributed by atoms with E-state index in [1.807, 2.05) is 63.3 Å². The Morgan fingerprint density at radius 1 is 1.00 bits per heavy atom. The van der Waals surface area contributed by atoms with Crippen LogP contribution in [0.25, 0.3) is 17.0 Å². The topological polar surface area (TPSA) is 124 Å². The molecule has 0 radical (unpaired) electrons. The Morgan fingerprint density at radius 2 is 1.71 bits per heavy atom. The summed E-state index contributed by atoms with van der Waals surface area (Å²) < 4.78 is 0. The predicted molar refractivity (Wildman–Crippen MR) is 158 cm³/mol. The molecule has 1 saturated heterocycles. The van der Waals surface area contributed by atoms with E-state index in [0.717, 1.165) is 22.2 Å². The quantitative estimate of drug-likeness (QED) is 0.491. The number of aromatic nitrogens is 1. The molecule has 0 saturated carbocycles. The molecule has 1 aromatic heterocycles. The summed E-state index contributed by atoms with van der Waals surface area (Å²) in [5.41, 5.74) is 4.58. The molecule has 2 aliphatic heterocycles. The van der Waals surface area contributed by atoms with Crippen LogP contribution in [0.15, 0.2) is 36.4 Å². The predicted octanol–water partition coefficient (Wildman–Crippen LogP) is 2.95. The fourth-order valence-corrected chi connectivity index (χ4v) is 5.09. The number of hydrogen-bond donors (Lipinski definition) is 3. The molecule has 10 nitrogen and oxygen atoms in total. The Bertz CT molecular complexity index is 1370. The number of hydrazine groups is 1. The Balaban J connectivity index is 1.73. The molecular weight excluding hydrogens is 520 g/mol. The number of pyridine rings is 1. The van der Waals surface area contributed by atoms with Crippen molar-refractivity contribution in [3.8, 4) is 0 Å². The molecule has 0 spiro atoms. The van der Waals surface area contributed by atoms with Crippen LogP contribution in [-0.2, 0) is 19.2 Å². The van der Waals surface area contributed by atoms with Crippen LogP contribution in [0, 0.1) is 11.3 Å². The van der Waals surface area contributed by atoms with Crippen molar-refractivity contribution in [2.45, 2.75) is 78.6 Å². The van der Waals surface area contributed by atoms with Gasteiger partial charge in [0.1, 0.15) is 18.1 Å². The summed E-state index contributed by atoms with van der Waals surface area (Å²) in [6.07, 6.45) is 4.91. The maximum atomic E-state index is 13.5. The van der Waals surface area contributed by atoms with E-state index in [9.17, 15) is 19.2 Å². The van der Waals surface area contributed by atoms with E-state index in [-0.39, 0.29) is 29.7 Å². The summed E-state index contributed by atoms with van der Waals surface area (Å²) in [6.45, 7) is 11.2. The molecular formula is C31H42N6O4. The zero-order chi connectivity index (χ0) is 30.1. The second-order valence-corrected chi connectivity index (χ2v) is 12.1. The highest BCUT2D eigenvalue weighted by Crippen LogP contribution is 2.25. The van der Waals surface area contributed by atoms with Gasteiger partial charge in [-0.25, -0.2) is 5.43 Å². The van der Waals surface area contributed by atoms with E-state index >= 15 is 0 Å². The minimum Gasteiger partial charge on any atom is -0.343 e. The van der Waals surface area contributed by atoms with Gasteiger partial charge in [0.15, 0.2) is 0 Å². The molecule has 2 aliphatic rings. The van der Waals surface area contributed by atoms with Crippen LogP contribution in [-0.4, -0.2) is 70.2 Å². The molecule has 3 N–H and O–H groups in total. The van der Waals surface area contributed by atoms with Gasteiger partial charge in [0, 0.05) is 19.0 Å². The summed E-state index contributed by atoms with van der Waals surface area (Å²) >= 11 is 0. The lowest BCUT2D eigenvalue weighted by Crippen LogP contribution is -2.62. The highest BCUT2D eigenvalue weighted by Gasteiger charge is 2.36. The SMILES string of the molecule is CC(C)[C@@H]1NC(=O)C(C)(C)/C=C/c2ccc3ccc(nc3c2)C(C)N(C)C(=O)[C@@H]2CCCN(N2)C(=O)[C@H](C)NC1=O. The van der Waals surface area contributed by atoms with Crippen LogP contribution in [0.1, 0.15) is 71.7 Å². The zero-order valence-corrected chi connectivity index (χ0v) is 25.0. The number of nitrogens with zero attached hydrogens (tertiary/aromatic N) is 3. The average Bonchev–Trinajstić information content (AvgIpc) is 2.95. The first kappa shape index (κ1) is 30.2. The highest BCUT2D eigenvalue weighted by molar-refractivity contribution is 5.94. The van der Waals surface area contributed by atoms with Crippen LogP contribution >= 0.6 is 0 Å². The Labute approximate surface area is 241 Å².